The maximum Gasteiger partial charge on any atom is 0.0702 e. The van der Waals surface area contributed by atoms with E-state index in [4.69, 9.17) is 5.73 Å². The molecule has 0 radical (unpaired) electrons. The van der Waals surface area contributed by atoms with Crippen LogP contribution in [0.25, 0.3) is 0 Å². The van der Waals surface area contributed by atoms with Gasteiger partial charge in [-0.05, 0) is 60.3 Å². The Hall–Kier alpha value is 0.1000. The number of thiophene rings is 1. The van der Waals surface area contributed by atoms with Gasteiger partial charge in [-0.25, -0.2) is 0 Å². The molecule has 0 bridgehead atoms. The fraction of sp³-hybridized carbons (Fsp3) is 0.750. The third-order valence-electron chi connectivity index (χ3n) is 4.41. The fourth-order valence-electron chi connectivity index (χ4n) is 3.36. The quantitative estimate of drug-likeness (QED) is 0.779. The third kappa shape index (κ3) is 3.85. The van der Waals surface area contributed by atoms with Crippen LogP contribution in [0.1, 0.15) is 63.3 Å². The van der Waals surface area contributed by atoms with Crippen molar-refractivity contribution in [2.24, 2.45) is 5.73 Å². The summed E-state index contributed by atoms with van der Waals surface area (Å²) in [6.45, 7) is 5.71. The number of nitrogens with zero attached hydrogens (tertiary/aromatic N) is 1. The Kier molecular flexibility index (Phi) is 6.53. The van der Waals surface area contributed by atoms with Gasteiger partial charge >= 0.3 is 0 Å². The van der Waals surface area contributed by atoms with Crippen LogP contribution in [0.3, 0.4) is 0 Å². The molecule has 1 aliphatic rings. The summed E-state index contributed by atoms with van der Waals surface area (Å²) in [7, 11) is 0. The van der Waals surface area contributed by atoms with E-state index in [0.717, 1.165) is 12.5 Å². The van der Waals surface area contributed by atoms with Gasteiger partial charge in [0.05, 0.1) is 9.83 Å². The number of likely N-dealkylation sites (tertiary alicyclic amines) is 1. The molecule has 20 heavy (non-hydrogen) atoms. The summed E-state index contributed by atoms with van der Waals surface area (Å²) in [5, 5.41) is 0. The van der Waals surface area contributed by atoms with Gasteiger partial charge in [-0.15, -0.1) is 11.3 Å². The molecule has 0 amide bonds. The Morgan fingerprint density at radius 1 is 1.40 bits per heavy atom. The Labute approximate surface area is 135 Å². The summed E-state index contributed by atoms with van der Waals surface area (Å²) in [5.41, 5.74) is 6.50. The Morgan fingerprint density at radius 3 is 2.80 bits per heavy atom. The first kappa shape index (κ1) is 16.5. The van der Waals surface area contributed by atoms with Crippen LogP contribution < -0.4 is 5.73 Å². The Balaban J connectivity index is 2.24. The average molecular weight is 359 g/mol. The highest BCUT2D eigenvalue weighted by molar-refractivity contribution is 9.11. The summed E-state index contributed by atoms with van der Waals surface area (Å²) in [5.74, 6) is 0. The molecule has 114 valence electrons. The van der Waals surface area contributed by atoms with Gasteiger partial charge in [-0.2, -0.15) is 0 Å². The summed E-state index contributed by atoms with van der Waals surface area (Å²) < 4.78 is 1.21. The Bertz CT molecular complexity index is 405. The first-order valence-corrected chi connectivity index (χ1v) is 9.54. The molecule has 2 rings (SSSR count). The van der Waals surface area contributed by atoms with E-state index < -0.39 is 0 Å². The number of rotatable bonds is 6. The van der Waals surface area contributed by atoms with Crippen LogP contribution >= 0.6 is 27.3 Å². The van der Waals surface area contributed by atoms with Crippen LogP contribution in [0.2, 0.25) is 0 Å². The van der Waals surface area contributed by atoms with Crippen molar-refractivity contribution in [2.75, 3.05) is 6.54 Å². The van der Waals surface area contributed by atoms with Crippen molar-refractivity contribution in [2.45, 2.75) is 70.5 Å². The number of nitrogens with two attached hydrogens (primary N) is 1. The molecule has 0 aromatic carbocycles. The maximum atomic E-state index is 6.50. The summed E-state index contributed by atoms with van der Waals surface area (Å²) in [6.07, 6.45) is 7.65. The standard InChI is InChI=1S/C16H27BrN2S/c1-3-7-12-8-5-6-11-19(12)16(13(18)4-2)14-9-10-15(17)20-14/h9-10,12-13,16H,3-8,11,18H2,1-2H3. The molecular weight excluding hydrogens is 332 g/mol. The minimum absolute atomic E-state index is 0.234. The van der Waals surface area contributed by atoms with E-state index in [1.54, 1.807) is 0 Å². The van der Waals surface area contributed by atoms with E-state index in [1.165, 1.54) is 47.3 Å². The summed E-state index contributed by atoms with van der Waals surface area (Å²) >= 11 is 5.45. The lowest BCUT2D eigenvalue weighted by Gasteiger charge is -2.43. The van der Waals surface area contributed by atoms with Gasteiger partial charge in [0.25, 0.3) is 0 Å². The van der Waals surface area contributed by atoms with E-state index in [0.29, 0.717) is 6.04 Å². The topological polar surface area (TPSA) is 29.3 Å². The number of hydrogen-bond acceptors (Lipinski definition) is 3. The second kappa shape index (κ2) is 7.92. The van der Waals surface area contributed by atoms with Crippen molar-refractivity contribution in [1.82, 2.24) is 4.90 Å². The van der Waals surface area contributed by atoms with Crippen LogP contribution in [0.4, 0.5) is 0 Å². The van der Waals surface area contributed by atoms with E-state index in [9.17, 15) is 0 Å². The van der Waals surface area contributed by atoms with Gasteiger partial charge in [0.2, 0.25) is 0 Å². The smallest absolute Gasteiger partial charge is 0.0702 e. The van der Waals surface area contributed by atoms with Crippen molar-refractivity contribution >= 4 is 27.3 Å². The molecule has 1 aromatic rings. The largest absolute Gasteiger partial charge is 0.326 e. The van der Waals surface area contributed by atoms with Gasteiger partial charge in [-0.1, -0.05) is 26.7 Å². The van der Waals surface area contributed by atoms with E-state index in [-0.39, 0.29) is 6.04 Å². The van der Waals surface area contributed by atoms with Crippen LogP contribution in [-0.2, 0) is 0 Å². The lowest BCUT2D eigenvalue weighted by Crippen LogP contribution is -2.48. The maximum absolute atomic E-state index is 6.50. The van der Waals surface area contributed by atoms with Crippen LogP contribution in [-0.4, -0.2) is 23.5 Å². The van der Waals surface area contributed by atoms with E-state index >= 15 is 0 Å². The second-order valence-electron chi connectivity index (χ2n) is 5.83. The molecule has 1 aromatic heterocycles. The second-order valence-corrected chi connectivity index (χ2v) is 8.33. The molecule has 2 nitrogen and oxygen atoms in total. The van der Waals surface area contributed by atoms with Gasteiger partial charge in [-0.3, -0.25) is 4.90 Å². The monoisotopic (exact) mass is 358 g/mol. The zero-order valence-electron chi connectivity index (χ0n) is 12.6. The molecule has 3 unspecified atom stereocenters. The minimum Gasteiger partial charge on any atom is -0.326 e. The zero-order chi connectivity index (χ0) is 14.5. The number of halogens is 1. The predicted molar refractivity (Wildman–Crippen MR) is 92.3 cm³/mol. The van der Waals surface area contributed by atoms with Crippen molar-refractivity contribution < 1.29 is 0 Å². The highest BCUT2D eigenvalue weighted by Crippen LogP contribution is 2.37. The molecule has 0 spiro atoms. The molecule has 1 fully saturated rings. The predicted octanol–water partition coefficient (Wildman–Crippen LogP) is 4.94. The van der Waals surface area contributed by atoms with Crippen molar-refractivity contribution in [1.29, 1.82) is 0 Å². The van der Waals surface area contributed by atoms with E-state index in [1.807, 2.05) is 11.3 Å². The molecule has 0 aliphatic carbocycles. The number of hydrogen-bond donors (Lipinski definition) is 1. The molecule has 0 saturated carbocycles. The molecule has 2 heterocycles. The SMILES string of the molecule is CCCC1CCCCN1C(c1ccc(Br)s1)C(N)CC. The van der Waals surface area contributed by atoms with Crippen molar-refractivity contribution in [3.63, 3.8) is 0 Å². The van der Waals surface area contributed by atoms with Gasteiger partial charge in [0.1, 0.15) is 0 Å². The highest BCUT2D eigenvalue weighted by atomic mass is 79.9. The lowest BCUT2D eigenvalue weighted by molar-refractivity contribution is 0.0744. The van der Waals surface area contributed by atoms with Gasteiger partial charge in [0, 0.05) is 17.0 Å². The summed E-state index contributed by atoms with van der Waals surface area (Å²) in [6, 6.07) is 5.77. The molecule has 3 atom stereocenters. The van der Waals surface area contributed by atoms with Crippen molar-refractivity contribution in [3.8, 4) is 0 Å². The number of piperidine rings is 1. The fourth-order valence-corrected chi connectivity index (χ4v) is 4.98. The molecule has 1 saturated heterocycles. The first-order valence-electron chi connectivity index (χ1n) is 7.93. The van der Waals surface area contributed by atoms with Crippen molar-refractivity contribution in [3.05, 3.63) is 20.8 Å². The van der Waals surface area contributed by atoms with Gasteiger partial charge < -0.3 is 5.73 Å². The summed E-state index contributed by atoms with van der Waals surface area (Å²) in [4.78, 5) is 4.13. The third-order valence-corrected chi connectivity index (χ3v) is 6.11. The first-order chi connectivity index (χ1) is 9.67. The average Bonchev–Trinajstić information content (AvgIpc) is 2.87. The van der Waals surface area contributed by atoms with Gasteiger partial charge in [0.15, 0.2) is 0 Å². The molecule has 2 N–H and O–H groups in total. The molecular formula is C16H27BrN2S. The Morgan fingerprint density at radius 2 is 2.20 bits per heavy atom. The molecule has 4 heteroatoms. The van der Waals surface area contributed by atoms with Crippen LogP contribution in [0.5, 0.6) is 0 Å². The molecule has 1 aliphatic heterocycles. The van der Waals surface area contributed by atoms with Crippen LogP contribution in [0.15, 0.2) is 15.9 Å². The normalized spacial score (nSPS) is 23.7. The van der Waals surface area contributed by atoms with E-state index in [2.05, 4.69) is 46.8 Å². The minimum atomic E-state index is 0.234. The van der Waals surface area contributed by atoms with Crippen LogP contribution in [0, 0.1) is 0 Å². The lowest BCUT2D eigenvalue weighted by atomic mass is 9.92. The zero-order valence-corrected chi connectivity index (χ0v) is 15.0. The highest BCUT2D eigenvalue weighted by Gasteiger charge is 2.33.